The summed E-state index contributed by atoms with van der Waals surface area (Å²) in [5.74, 6) is -1.03. The predicted octanol–water partition coefficient (Wildman–Crippen LogP) is 2.11. The van der Waals surface area contributed by atoms with Gasteiger partial charge in [0.1, 0.15) is 5.75 Å². The Balaban J connectivity index is 2.16. The van der Waals surface area contributed by atoms with E-state index in [0.29, 0.717) is 5.56 Å². The van der Waals surface area contributed by atoms with Crippen molar-refractivity contribution in [2.45, 2.75) is 25.6 Å². The Labute approximate surface area is 120 Å². The zero-order chi connectivity index (χ0) is 15.7. The van der Waals surface area contributed by atoms with Gasteiger partial charge in [-0.15, -0.1) is 0 Å². The minimum atomic E-state index is -4.60. The second-order valence-corrected chi connectivity index (χ2v) is 5.30. The number of phenols is 1. The van der Waals surface area contributed by atoms with Crippen molar-refractivity contribution in [2.75, 3.05) is 13.1 Å². The number of hydrogen-bond donors (Lipinski definition) is 3. The number of nitrogens with one attached hydrogen (secondary N) is 2. The minimum Gasteiger partial charge on any atom is -0.508 e. The summed E-state index contributed by atoms with van der Waals surface area (Å²) >= 11 is 0. The summed E-state index contributed by atoms with van der Waals surface area (Å²) in [6.45, 7) is 1.33. The Morgan fingerprint density at radius 2 is 2.19 bits per heavy atom. The first kappa shape index (κ1) is 15.6. The number of carbonyl (C=O) groups is 1. The number of amides is 1. The van der Waals surface area contributed by atoms with Crippen LogP contribution in [-0.2, 0) is 4.79 Å². The molecule has 21 heavy (non-hydrogen) atoms. The topological polar surface area (TPSA) is 61.4 Å². The van der Waals surface area contributed by atoms with Gasteiger partial charge >= 0.3 is 6.18 Å². The summed E-state index contributed by atoms with van der Waals surface area (Å²) in [6, 6.07) is 5.46. The lowest BCUT2D eigenvalue weighted by molar-refractivity contribution is -0.216. The largest absolute Gasteiger partial charge is 0.508 e. The highest BCUT2D eigenvalue weighted by Crippen LogP contribution is 2.43. The van der Waals surface area contributed by atoms with Crippen LogP contribution in [0.15, 0.2) is 24.3 Å². The fourth-order valence-corrected chi connectivity index (χ4v) is 2.47. The average molecular weight is 302 g/mol. The van der Waals surface area contributed by atoms with Crippen LogP contribution in [-0.4, -0.2) is 30.3 Å². The molecule has 1 saturated heterocycles. The zero-order valence-electron chi connectivity index (χ0n) is 11.5. The van der Waals surface area contributed by atoms with Gasteiger partial charge in [-0.25, -0.2) is 0 Å². The van der Waals surface area contributed by atoms with Gasteiger partial charge in [-0.1, -0.05) is 12.1 Å². The van der Waals surface area contributed by atoms with E-state index < -0.39 is 30.1 Å². The summed E-state index contributed by atoms with van der Waals surface area (Å²) in [5.41, 5.74) is -1.83. The van der Waals surface area contributed by atoms with Crippen LogP contribution in [0.3, 0.4) is 0 Å². The van der Waals surface area contributed by atoms with E-state index in [-0.39, 0.29) is 18.7 Å². The highest BCUT2D eigenvalue weighted by molar-refractivity contribution is 5.84. The van der Waals surface area contributed by atoms with Crippen molar-refractivity contribution >= 4 is 5.91 Å². The molecule has 1 aromatic carbocycles. The van der Waals surface area contributed by atoms with E-state index in [9.17, 15) is 23.1 Å². The number of rotatable bonds is 3. The molecule has 1 fully saturated rings. The molecule has 4 nitrogen and oxygen atoms in total. The quantitative estimate of drug-likeness (QED) is 0.801. The van der Waals surface area contributed by atoms with E-state index in [0.717, 1.165) is 0 Å². The SMILES string of the molecule is CC(NC(=O)C1(C(F)(F)F)CCNC1)c1cccc(O)c1. The average Bonchev–Trinajstić information content (AvgIpc) is 2.88. The van der Waals surface area contributed by atoms with Gasteiger partial charge in [0.2, 0.25) is 5.91 Å². The molecule has 0 bridgehead atoms. The Bertz CT molecular complexity index is 525. The van der Waals surface area contributed by atoms with Gasteiger partial charge in [0, 0.05) is 6.54 Å². The van der Waals surface area contributed by atoms with Crippen LogP contribution in [0.4, 0.5) is 13.2 Å². The van der Waals surface area contributed by atoms with Crippen molar-refractivity contribution in [3.63, 3.8) is 0 Å². The number of halogens is 3. The van der Waals surface area contributed by atoms with E-state index in [1.807, 2.05) is 0 Å². The third-order valence-electron chi connectivity index (χ3n) is 3.85. The first-order valence-electron chi connectivity index (χ1n) is 6.63. The molecule has 116 valence electrons. The Kier molecular flexibility index (Phi) is 4.13. The first-order chi connectivity index (χ1) is 9.76. The molecule has 0 aliphatic carbocycles. The van der Waals surface area contributed by atoms with Gasteiger partial charge in [-0.2, -0.15) is 13.2 Å². The Morgan fingerprint density at radius 1 is 1.48 bits per heavy atom. The smallest absolute Gasteiger partial charge is 0.404 e. The fourth-order valence-electron chi connectivity index (χ4n) is 2.47. The van der Waals surface area contributed by atoms with Gasteiger partial charge in [-0.3, -0.25) is 4.79 Å². The summed E-state index contributed by atoms with van der Waals surface area (Å²) in [5, 5.41) is 14.4. The fraction of sp³-hybridized carbons (Fsp3) is 0.500. The summed E-state index contributed by atoms with van der Waals surface area (Å²) in [4.78, 5) is 12.1. The van der Waals surface area contributed by atoms with Crippen LogP contribution < -0.4 is 10.6 Å². The highest BCUT2D eigenvalue weighted by Gasteiger charge is 2.61. The van der Waals surface area contributed by atoms with Crippen molar-refractivity contribution in [1.29, 1.82) is 0 Å². The van der Waals surface area contributed by atoms with Gasteiger partial charge in [0.25, 0.3) is 0 Å². The second kappa shape index (κ2) is 5.55. The number of carbonyl (C=O) groups excluding carboxylic acids is 1. The van der Waals surface area contributed by atoms with Crippen molar-refractivity contribution in [1.82, 2.24) is 10.6 Å². The molecule has 0 aromatic heterocycles. The van der Waals surface area contributed by atoms with Gasteiger partial charge in [-0.05, 0) is 37.6 Å². The normalized spacial score (nSPS) is 23.8. The molecule has 1 aliphatic heterocycles. The molecular formula is C14H17F3N2O2. The molecule has 0 spiro atoms. The third-order valence-corrected chi connectivity index (χ3v) is 3.85. The molecule has 2 atom stereocenters. The van der Waals surface area contributed by atoms with Crippen molar-refractivity contribution in [3.8, 4) is 5.75 Å². The van der Waals surface area contributed by atoms with Crippen LogP contribution in [0.25, 0.3) is 0 Å². The standard InChI is InChI=1S/C14H17F3N2O2/c1-9(10-3-2-4-11(20)7-10)19-12(21)13(14(15,16)17)5-6-18-8-13/h2-4,7,9,18,20H,5-6,8H2,1H3,(H,19,21). The lowest BCUT2D eigenvalue weighted by atomic mass is 9.84. The molecule has 7 heteroatoms. The van der Waals surface area contributed by atoms with E-state index in [1.54, 1.807) is 19.1 Å². The first-order valence-corrected chi connectivity index (χ1v) is 6.63. The maximum absolute atomic E-state index is 13.2. The maximum Gasteiger partial charge on any atom is 0.404 e. The van der Waals surface area contributed by atoms with Crippen LogP contribution in [0.2, 0.25) is 0 Å². The summed E-state index contributed by atoms with van der Waals surface area (Å²) in [6.07, 6.45) is -4.87. The molecule has 1 aliphatic rings. The lowest BCUT2D eigenvalue weighted by Gasteiger charge is -2.31. The maximum atomic E-state index is 13.2. The monoisotopic (exact) mass is 302 g/mol. The molecule has 2 rings (SSSR count). The molecule has 1 heterocycles. The van der Waals surface area contributed by atoms with E-state index in [1.165, 1.54) is 12.1 Å². The van der Waals surface area contributed by atoms with Gasteiger partial charge in [0.15, 0.2) is 5.41 Å². The van der Waals surface area contributed by atoms with E-state index in [2.05, 4.69) is 10.6 Å². The molecule has 2 unspecified atom stereocenters. The van der Waals surface area contributed by atoms with Crippen molar-refractivity contribution in [3.05, 3.63) is 29.8 Å². The summed E-state index contributed by atoms with van der Waals surface area (Å²) in [7, 11) is 0. The van der Waals surface area contributed by atoms with Crippen LogP contribution in [0.1, 0.15) is 24.9 Å². The molecule has 0 saturated carbocycles. The second-order valence-electron chi connectivity index (χ2n) is 5.30. The van der Waals surface area contributed by atoms with E-state index >= 15 is 0 Å². The lowest BCUT2D eigenvalue weighted by Crippen LogP contribution is -2.52. The predicted molar refractivity (Wildman–Crippen MR) is 70.6 cm³/mol. The molecule has 0 radical (unpaired) electrons. The highest BCUT2D eigenvalue weighted by atomic mass is 19.4. The number of benzene rings is 1. The van der Waals surface area contributed by atoms with Crippen molar-refractivity contribution < 1.29 is 23.1 Å². The minimum absolute atomic E-state index is 0.00154. The third kappa shape index (κ3) is 2.97. The van der Waals surface area contributed by atoms with Gasteiger partial charge < -0.3 is 15.7 Å². The van der Waals surface area contributed by atoms with Crippen LogP contribution in [0, 0.1) is 5.41 Å². The van der Waals surface area contributed by atoms with E-state index in [4.69, 9.17) is 0 Å². The van der Waals surface area contributed by atoms with Crippen LogP contribution in [0.5, 0.6) is 5.75 Å². The Hall–Kier alpha value is -1.76. The number of hydrogen-bond acceptors (Lipinski definition) is 3. The number of aromatic hydroxyl groups is 1. The number of phenolic OH excluding ortho intramolecular Hbond substituents is 1. The number of alkyl halides is 3. The molecular weight excluding hydrogens is 285 g/mol. The Morgan fingerprint density at radius 3 is 2.71 bits per heavy atom. The van der Waals surface area contributed by atoms with Crippen molar-refractivity contribution in [2.24, 2.45) is 5.41 Å². The summed E-state index contributed by atoms with van der Waals surface area (Å²) < 4.78 is 39.7. The zero-order valence-corrected chi connectivity index (χ0v) is 11.5. The molecule has 3 N–H and O–H groups in total. The molecule has 1 amide bonds. The van der Waals surface area contributed by atoms with Gasteiger partial charge in [0.05, 0.1) is 6.04 Å². The van der Waals surface area contributed by atoms with Crippen LogP contribution >= 0.6 is 0 Å². The molecule has 1 aromatic rings.